The number of hydrogen-bond acceptors (Lipinski definition) is 3. The molecule has 106 valence electrons. The zero-order valence-electron chi connectivity index (χ0n) is 11.6. The van der Waals surface area contributed by atoms with E-state index in [-0.39, 0.29) is 36.2 Å². The Kier molecular flexibility index (Phi) is 7.25. The zero-order valence-corrected chi connectivity index (χ0v) is 12.4. The van der Waals surface area contributed by atoms with Gasteiger partial charge in [-0.15, -0.1) is 12.4 Å². The molecule has 0 aliphatic carbocycles. The van der Waals surface area contributed by atoms with E-state index >= 15 is 0 Å². The summed E-state index contributed by atoms with van der Waals surface area (Å²) in [4.78, 5) is 27.5. The van der Waals surface area contributed by atoms with Crippen molar-refractivity contribution in [2.45, 2.75) is 25.8 Å². The van der Waals surface area contributed by atoms with Gasteiger partial charge in [-0.25, -0.2) is 0 Å². The fraction of sp³-hybridized carbons (Fsp3) is 0.833. The number of likely N-dealkylation sites (N-methyl/N-ethyl adjacent to an activating group) is 1. The predicted octanol–water partition coefficient (Wildman–Crippen LogP) is 0.343. The number of rotatable bonds is 4. The van der Waals surface area contributed by atoms with Gasteiger partial charge in [0, 0.05) is 33.1 Å². The standard InChI is InChI=1S/C12H23N3O2.ClH/c1-9(8-13-2)11(16)15-7-5-6-10(15)12(17)14(3)4;/h9-10,13H,5-8H2,1-4H3;1H. The Hall–Kier alpha value is -0.810. The third-order valence-corrected chi connectivity index (χ3v) is 3.19. The fourth-order valence-corrected chi connectivity index (χ4v) is 2.26. The van der Waals surface area contributed by atoms with E-state index in [1.54, 1.807) is 23.9 Å². The molecule has 1 heterocycles. The zero-order chi connectivity index (χ0) is 13.0. The van der Waals surface area contributed by atoms with E-state index in [1.807, 2.05) is 14.0 Å². The number of hydrogen-bond donors (Lipinski definition) is 1. The number of amides is 2. The fourth-order valence-electron chi connectivity index (χ4n) is 2.26. The maximum Gasteiger partial charge on any atom is 0.244 e. The lowest BCUT2D eigenvalue weighted by Crippen LogP contribution is -2.48. The maximum absolute atomic E-state index is 12.2. The highest BCUT2D eigenvalue weighted by molar-refractivity contribution is 5.88. The molecule has 0 radical (unpaired) electrons. The van der Waals surface area contributed by atoms with Crippen LogP contribution in [0.15, 0.2) is 0 Å². The lowest BCUT2D eigenvalue weighted by atomic mass is 10.1. The Morgan fingerprint density at radius 1 is 1.44 bits per heavy atom. The first kappa shape index (κ1) is 17.2. The summed E-state index contributed by atoms with van der Waals surface area (Å²) in [5.74, 6) is 0.0418. The van der Waals surface area contributed by atoms with Crippen LogP contribution in [0.2, 0.25) is 0 Å². The molecule has 1 rings (SSSR count). The van der Waals surface area contributed by atoms with Gasteiger partial charge in [-0.2, -0.15) is 0 Å². The van der Waals surface area contributed by atoms with Crippen molar-refractivity contribution in [1.29, 1.82) is 0 Å². The molecule has 2 unspecified atom stereocenters. The number of carbonyl (C=O) groups excluding carboxylic acids is 2. The highest BCUT2D eigenvalue weighted by Gasteiger charge is 2.36. The van der Waals surface area contributed by atoms with E-state index in [0.29, 0.717) is 13.1 Å². The number of halogens is 1. The van der Waals surface area contributed by atoms with Crippen molar-refractivity contribution >= 4 is 24.2 Å². The summed E-state index contributed by atoms with van der Waals surface area (Å²) >= 11 is 0. The van der Waals surface area contributed by atoms with Crippen molar-refractivity contribution < 1.29 is 9.59 Å². The molecule has 0 aromatic heterocycles. The molecule has 1 N–H and O–H groups in total. The number of nitrogens with one attached hydrogen (secondary N) is 1. The van der Waals surface area contributed by atoms with Gasteiger partial charge >= 0.3 is 0 Å². The van der Waals surface area contributed by atoms with E-state index in [1.165, 1.54) is 0 Å². The molecule has 2 atom stereocenters. The molecule has 2 amide bonds. The average Bonchev–Trinajstić information content (AvgIpc) is 2.75. The van der Waals surface area contributed by atoms with E-state index in [9.17, 15) is 9.59 Å². The van der Waals surface area contributed by atoms with Crippen molar-refractivity contribution in [3.8, 4) is 0 Å². The first-order valence-electron chi connectivity index (χ1n) is 6.15. The van der Waals surface area contributed by atoms with Crippen LogP contribution in [0.3, 0.4) is 0 Å². The molecule has 1 saturated heterocycles. The third kappa shape index (κ3) is 3.85. The van der Waals surface area contributed by atoms with Gasteiger partial charge in [0.15, 0.2) is 0 Å². The van der Waals surface area contributed by atoms with Crippen molar-refractivity contribution in [3.05, 3.63) is 0 Å². The summed E-state index contributed by atoms with van der Waals surface area (Å²) in [6.45, 7) is 3.25. The first-order valence-corrected chi connectivity index (χ1v) is 6.15. The lowest BCUT2D eigenvalue weighted by Gasteiger charge is -2.28. The molecule has 0 bridgehead atoms. The average molecular weight is 278 g/mol. The van der Waals surface area contributed by atoms with Crippen LogP contribution in [0.5, 0.6) is 0 Å². The van der Waals surface area contributed by atoms with Crippen LogP contribution in [-0.4, -0.2) is 61.9 Å². The van der Waals surface area contributed by atoms with Gasteiger partial charge in [-0.3, -0.25) is 9.59 Å². The van der Waals surface area contributed by atoms with E-state index < -0.39 is 0 Å². The smallest absolute Gasteiger partial charge is 0.244 e. The molecular formula is C12H24ClN3O2. The predicted molar refractivity (Wildman–Crippen MR) is 73.8 cm³/mol. The molecule has 1 aliphatic rings. The Bertz CT molecular complexity index is 297. The SMILES string of the molecule is CNCC(C)C(=O)N1CCCC1C(=O)N(C)C.Cl. The van der Waals surface area contributed by atoms with Crippen molar-refractivity contribution in [2.75, 3.05) is 34.2 Å². The van der Waals surface area contributed by atoms with Crippen LogP contribution in [-0.2, 0) is 9.59 Å². The summed E-state index contributed by atoms with van der Waals surface area (Å²) in [6, 6.07) is -0.253. The van der Waals surface area contributed by atoms with Gasteiger partial charge in [0.05, 0.1) is 0 Å². The summed E-state index contributed by atoms with van der Waals surface area (Å²) in [5, 5.41) is 3.00. The molecule has 5 nitrogen and oxygen atoms in total. The second-order valence-electron chi connectivity index (χ2n) is 4.88. The summed E-state index contributed by atoms with van der Waals surface area (Å²) in [5.41, 5.74) is 0. The van der Waals surface area contributed by atoms with Gasteiger partial charge in [-0.1, -0.05) is 6.92 Å². The topological polar surface area (TPSA) is 52.7 Å². The molecule has 1 aliphatic heterocycles. The Labute approximate surface area is 115 Å². The molecule has 0 saturated carbocycles. The van der Waals surface area contributed by atoms with Crippen LogP contribution in [0.4, 0.5) is 0 Å². The quantitative estimate of drug-likeness (QED) is 0.806. The molecule has 18 heavy (non-hydrogen) atoms. The largest absolute Gasteiger partial charge is 0.347 e. The Morgan fingerprint density at radius 3 is 2.56 bits per heavy atom. The normalized spacial score (nSPS) is 20.2. The van der Waals surface area contributed by atoms with E-state index in [2.05, 4.69) is 5.32 Å². The molecule has 0 aromatic rings. The lowest BCUT2D eigenvalue weighted by molar-refractivity contribution is -0.144. The number of nitrogens with zero attached hydrogens (tertiary/aromatic N) is 2. The van der Waals surface area contributed by atoms with E-state index in [0.717, 1.165) is 12.8 Å². The van der Waals surface area contributed by atoms with Gasteiger partial charge in [0.25, 0.3) is 0 Å². The first-order chi connectivity index (χ1) is 7.99. The van der Waals surface area contributed by atoms with Crippen LogP contribution in [0.25, 0.3) is 0 Å². The van der Waals surface area contributed by atoms with Gasteiger partial charge < -0.3 is 15.1 Å². The third-order valence-electron chi connectivity index (χ3n) is 3.19. The minimum Gasteiger partial charge on any atom is -0.347 e. The minimum absolute atomic E-state index is 0. The molecule has 0 spiro atoms. The molecule has 1 fully saturated rings. The van der Waals surface area contributed by atoms with Crippen LogP contribution < -0.4 is 5.32 Å². The van der Waals surface area contributed by atoms with Gasteiger partial charge in [-0.05, 0) is 19.9 Å². The van der Waals surface area contributed by atoms with E-state index in [4.69, 9.17) is 0 Å². The number of likely N-dealkylation sites (tertiary alicyclic amines) is 1. The summed E-state index contributed by atoms with van der Waals surface area (Å²) in [6.07, 6.45) is 1.71. The molecule has 0 aromatic carbocycles. The van der Waals surface area contributed by atoms with Crippen LogP contribution in [0.1, 0.15) is 19.8 Å². The second kappa shape index (κ2) is 7.59. The van der Waals surface area contributed by atoms with Gasteiger partial charge in [0.2, 0.25) is 11.8 Å². The van der Waals surface area contributed by atoms with Crippen LogP contribution >= 0.6 is 12.4 Å². The van der Waals surface area contributed by atoms with Crippen molar-refractivity contribution in [3.63, 3.8) is 0 Å². The second-order valence-corrected chi connectivity index (χ2v) is 4.88. The summed E-state index contributed by atoms with van der Waals surface area (Å²) < 4.78 is 0. The monoisotopic (exact) mass is 277 g/mol. The summed E-state index contributed by atoms with van der Waals surface area (Å²) in [7, 11) is 5.30. The molecular weight excluding hydrogens is 254 g/mol. The van der Waals surface area contributed by atoms with Crippen LogP contribution in [0, 0.1) is 5.92 Å². The highest BCUT2D eigenvalue weighted by Crippen LogP contribution is 2.20. The minimum atomic E-state index is -0.253. The van der Waals surface area contributed by atoms with Crippen molar-refractivity contribution in [1.82, 2.24) is 15.1 Å². The number of carbonyl (C=O) groups is 2. The molecule has 6 heteroatoms. The maximum atomic E-state index is 12.2. The van der Waals surface area contributed by atoms with Gasteiger partial charge in [0.1, 0.15) is 6.04 Å². The Morgan fingerprint density at radius 2 is 2.06 bits per heavy atom. The van der Waals surface area contributed by atoms with Crippen molar-refractivity contribution in [2.24, 2.45) is 5.92 Å². The highest BCUT2D eigenvalue weighted by atomic mass is 35.5. The Balaban J connectivity index is 0.00000289.